The molecule has 2 fully saturated rings. The van der Waals surface area contributed by atoms with Gasteiger partial charge in [0.15, 0.2) is 0 Å². The Balaban J connectivity index is 1.63. The molecule has 1 aromatic carbocycles. The van der Waals surface area contributed by atoms with Crippen LogP contribution in [0.2, 0.25) is 0 Å². The zero-order chi connectivity index (χ0) is 22.8. The summed E-state index contributed by atoms with van der Waals surface area (Å²) in [5.41, 5.74) is 0.362. The predicted octanol–water partition coefficient (Wildman–Crippen LogP) is 3.51. The molecule has 0 unspecified atom stereocenters. The summed E-state index contributed by atoms with van der Waals surface area (Å²) in [4.78, 5) is 36.4. The molecule has 2 aliphatic heterocycles. The van der Waals surface area contributed by atoms with Gasteiger partial charge in [-0.25, -0.2) is 13.6 Å². The second-order valence-electron chi connectivity index (χ2n) is 9.16. The third-order valence-electron chi connectivity index (χ3n) is 5.45. The van der Waals surface area contributed by atoms with Crippen LogP contribution in [0.4, 0.5) is 19.3 Å². The van der Waals surface area contributed by atoms with Gasteiger partial charge in [-0.2, -0.15) is 0 Å². The number of hydrogen-bond donors (Lipinski definition) is 2. The predicted molar refractivity (Wildman–Crippen MR) is 111 cm³/mol. The average Bonchev–Trinajstić information content (AvgIpc) is 2.65. The number of likely N-dealkylation sites (tertiary alicyclic amines) is 1. The van der Waals surface area contributed by atoms with Gasteiger partial charge in [-0.3, -0.25) is 14.9 Å². The van der Waals surface area contributed by atoms with Crippen molar-refractivity contribution >= 4 is 23.6 Å². The number of amides is 3. The quantitative estimate of drug-likeness (QED) is 0.704. The molecule has 2 heterocycles. The molecule has 0 saturated carbocycles. The van der Waals surface area contributed by atoms with Crippen molar-refractivity contribution in [2.45, 2.75) is 57.5 Å². The topological polar surface area (TPSA) is 87.7 Å². The van der Waals surface area contributed by atoms with Gasteiger partial charge in [-0.15, -0.1) is 0 Å². The maximum Gasteiger partial charge on any atom is 0.410 e. The monoisotopic (exact) mass is 437 g/mol. The normalized spacial score (nSPS) is 23.8. The number of hydrogen-bond acceptors (Lipinski definition) is 5. The second kappa shape index (κ2) is 8.80. The molecule has 3 rings (SSSR count). The molecule has 170 valence electrons. The van der Waals surface area contributed by atoms with E-state index in [1.54, 1.807) is 45.0 Å². The van der Waals surface area contributed by atoms with E-state index in [0.29, 0.717) is 30.6 Å². The molecular weight excluding hydrogens is 408 g/mol. The van der Waals surface area contributed by atoms with Gasteiger partial charge < -0.3 is 15.0 Å². The summed E-state index contributed by atoms with van der Waals surface area (Å²) in [6, 6.07) is 6.76. The highest BCUT2D eigenvalue weighted by atomic mass is 19.3. The van der Waals surface area contributed by atoms with Crippen LogP contribution in [0.15, 0.2) is 24.3 Å². The minimum atomic E-state index is -3.10. The summed E-state index contributed by atoms with van der Waals surface area (Å²) in [5, 5.41) is 5.42. The fraction of sp³-hybridized carbons (Fsp3) is 0.591. The molecule has 0 aromatic heterocycles. The van der Waals surface area contributed by atoms with Crippen LogP contribution in [0.3, 0.4) is 0 Å². The first-order valence-electron chi connectivity index (χ1n) is 10.5. The number of piperidine rings is 2. The number of nitrogens with zero attached hydrogens (tertiary/aromatic N) is 1. The fourth-order valence-corrected chi connectivity index (χ4v) is 3.87. The molecule has 31 heavy (non-hydrogen) atoms. The van der Waals surface area contributed by atoms with Crippen LogP contribution in [0, 0.1) is 5.92 Å². The van der Waals surface area contributed by atoms with Gasteiger partial charge in [0.05, 0.1) is 18.4 Å². The Labute approximate surface area is 180 Å². The molecule has 0 bridgehead atoms. The zero-order valence-corrected chi connectivity index (χ0v) is 18.0. The first kappa shape index (κ1) is 23.0. The van der Waals surface area contributed by atoms with Gasteiger partial charge in [0, 0.05) is 25.2 Å². The van der Waals surface area contributed by atoms with E-state index >= 15 is 0 Å². The van der Waals surface area contributed by atoms with Crippen molar-refractivity contribution in [2.75, 3.05) is 25.0 Å². The summed E-state index contributed by atoms with van der Waals surface area (Å²) in [6.07, 6.45) is 0.132. The van der Waals surface area contributed by atoms with Crippen LogP contribution in [0.5, 0.6) is 0 Å². The minimum absolute atomic E-state index is 0.114. The molecule has 0 aliphatic carbocycles. The van der Waals surface area contributed by atoms with Crippen molar-refractivity contribution < 1.29 is 27.9 Å². The second-order valence-corrected chi connectivity index (χ2v) is 9.16. The summed E-state index contributed by atoms with van der Waals surface area (Å²) < 4.78 is 35.1. The molecule has 7 nitrogen and oxygen atoms in total. The number of nitrogens with one attached hydrogen (secondary N) is 2. The van der Waals surface area contributed by atoms with Gasteiger partial charge in [-0.1, -0.05) is 12.1 Å². The van der Waals surface area contributed by atoms with Crippen molar-refractivity contribution in [3.63, 3.8) is 0 Å². The van der Waals surface area contributed by atoms with Crippen molar-refractivity contribution in [1.29, 1.82) is 0 Å². The number of ether oxygens (including phenoxy) is 1. The van der Waals surface area contributed by atoms with E-state index in [1.807, 2.05) is 0 Å². The van der Waals surface area contributed by atoms with Gasteiger partial charge in [0.25, 0.3) is 5.92 Å². The molecule has 1 aromatic rings. The molecule has 2 saturated heterocycles. The summed E-state index contributed by atoms with van der Waals surface area (Å²) in [5.74, 6) is -5.07. The third kappa shape index (κ3) is 5.92. The Morgan fingerprint density at radius 1 is 1.29 bits per heavy atom. The van der Waals surface area contributed by atoms with Crippen LogP contribution in [-0.2, 0) is 14.3 Å². The Hall–Kier alpha value is -2.71. The van der Waals surface area contributed by atoms with Gasteiger partial charge in [0.2, 0.25) is 11.8 Å². The number of carbonyl (C=O) groups excluding carboxylic acids is 3. The average molecular weight is 437 g/mol. The van der Waals surface area contributed by atoms with Crippen LogP contribution in [0.1, 0.15) is 51.5 Å². The molecule has 2 aliphatic rings. The van der Waals surface area contributed by atoms with Crippen molar-refractivity contribution in [3.8, 4) is 0 Å². The maximum atomic E-state index is 14.9. The SMILES string of the molecule is CC(C)(C)OC(=O)N1CC[C@@H](c2cccc(NC[C@H]3CCC(=O)NC3=O)c2)C(F)(F)C1. The number of imide groups is 1. The van der Waals surface area contributed by atoms with Gasteiger partial charge >= 0.3 is 6.09 Å². The third-order valence-corrected chi connectivity index (χ3v) is 5.45. The van der Waals surface area contributed by atoms with E-state index < -0.39 is 30.1 Å². The van der Waals surface area contributed by atoms with E-state index in [2.05, 4.69) is 10.6 Å². The fourth-order valence-electron chi connectivity index (χ4n) is 3.87. The van der Waals surface area contributed by atoms with Crippen molar-refractivity contribution in [1.82, 2.24) is 10.2 Å². The smallest absolute Gasteiger partial charge is 0.410 e. The molecule has 0 radical (unpaired) electrons. The van der Waals surface area contributed by atoms with Crippen molar-refractivity contribution in [2.24, 2.45) is 5.92 Å². The number of alkyl halides is 2. The molecule has 9 heteroatoms. The number of carbonyl (C=O) groups is 3. The van der Waals surface area contributed by atoms with E-state index in [0.717, 1.165) is 4.90 Å². The highest BCUT2D eigenvalue weighted by Crippen LogP contribution is 2.41. The van der Waals surface area contributed by atoms with Gasteiger partial charge in [0.1, 0.15) is 5.60 Å². The Kier molecular flexibility index (Phi) is 6.52. The van der Waals surface area contributed by atoms with E-state index in [9.17, 15) is 23.2 Å². The van der Waals surface area contributed by atoms with Crippen molar-refractivity contribution in [3.05, 3.63) is 29.8 Å². The number of halogens is 2. The molecule has 2 atom stereocenters. The number of benzene rings is 1. The minimum Gasteiger partial charge on any atom is -0.444 e. The lowest BCUT2D eigenvalue weighted by molar-refractivity contribution is -0.135. The lowest BCUT2D eigenvalue weighted by atomic mass is 9.86. The first-order valence-corrected chi connectivity index (χ1v) is 10.5. The highest BCUT2D eigenvalue weighted by Gasteiger charge is 2.47. The Morgan fingerprint density at radius 2 is 2.03 bits per heavy atom. The van der Waals surface area contributed by atoms with Crippen LogP contribution >= 0.6 is 0 Å². The maximum absolute atomic E-state index is 14.9. The summed E-state index contributed by atoms with van der Waals surface area (Å²) in [6.45, 7) is 4.90. The van der Waals surface area contributed by atoms with Crippen LogP contribution in [-0.4, -0.2) is 54.0 Å². The summed E-state index contributed by atoms with van der Waals surface area (Å²) in [7, 11) is 0. The van der Waals surface area contributed by atoms with Gasteiger partial charge in [-0.05, 0) is 51.3 Å². The van der Waals surface area contributed by atoms with Crippen LogP contribution in [0.25, 0.3) is 0 Å². The summed E-state index contributed by atoms with van der Waals surface area (Å²) >= 11 is 0. The number of rotatable bonds is 4. The molecule has 2 N–H and O–H groups in total. The molecule has 3 amide bonds. The lowest BCUT2D eigenvalue weighted by Gasteiger charge is -2.39. The molecular formula is C22H29F2N3O4. The highest BCUT2D eigenvalue weighted by molar-refractivity contribution is 5.98. The van der Waals surface area contributed by atoms with E-state index in [4.69, 9.17) is 4.74 Å². The number of anilines is 1. The Bertz CT molecular complexity index is 853. The standard InChI is InChI=1S/C22H29F2N3O4/c1-21(2,3)31-20(30)27-10-9-17(22(23,24)13-27)14-5-4-6-16(11-14)25-12-15-7-8-18(28)26-19(15)29/h4-6,11,15,17,25H,7-10,12-13H2,1-3H3,(H,26,28,29)/t15-,17+/m1/s1. The Morgan fingerprint density at radius 3 is 2.68 bits per heavy atom. The molecule has 0 spiro atoms. The zero-order valence-electron chi connectivity index (χ0n) is 18.0. The van der Waals surface area contributed by atoms with Crippen LogP contribution < -0.4 is 10.6 Å². The van der Waals surface area contributed by atoms with E-state index in [-0.39, 0.29) is 30.7 Å². The first-order chi connectivity index (χ1) is 14.4. The van der Waals surface area contributed by atoms with E-state index in [1.165, 1.54) is 0 Å². The largest absolute Gasteiger partial charge is 0.444 e. The lowest BCUT2D eigenvalue weighted by Crippen LogP contribution is -2.50.